The summed E-state index contributed by atoms with van der Waals surface area (Å²) < 4.78 is 65.0. The number of hydrogen-bond acceptors (Lipinski definition) is 3. The number of carbonyl (C=O) groups is 1. The Labute approximate surface area is 112 Å². The number of sulfonamides is 1. The fourth-order valence-electron chi connectivity index (χ4n) is 1.79. The molecule has 0 heterocycles. The molecular formula is C11H10F3NO4S. The lowest BCUT2D eigenvalue weighted by Gasteiger charge is -2.14. The van der Waals surface area contributed by atoms with E-state index < -0.39 is 50.3 Å². The molecule has 1 aliphatic rings. The highest BCUT2D eigenvalue weighted by atomic mass is 32.2. The number of benzene rings is 1. The van der Waals surface area contributed by atoms with E-state index in [-0.39, 0.29) is 12.1 Å². The molecule has 1 atom stereocenters. The van der Waals surface area contributed by atoms with Crippen molar-refractivity contribution < 1.29 is 31.5 Å². The quantitative estimate of drug-likeness (QED) is 0.857. The summed E-state index contributed by atoms with van der Waals surface area (Å²) in [4.78, 5) is 9.56. The molecule has 5 nitrogen and oxygen atoms in total. The topological polar surface area (TPSA) is 83.5 Å². The molecular weight excluding hydrogens is 299 g/mol. The zero-order valence-electron chi connectivity index (χ0n) is 9.94. The fourth-order valence-corrected chi connectivity index (χ4v) is 3.17. The number of carboxylic acid groups (broad SMARTS) is 1. The van der Waals surface area contributed by atoms with Gasteiger partial charge in [-0.1, -0.05) is 0 Å². The molecule has 0 amide bonds. The smallest absolute Gasteiger partial charge is 0.322 e. The van der Waals surface area contributed by atoms with Crippen LogP contribution in [-0.4, -0.2) is 25.5 Å². The lowest BCUT2D eigenvalue weighted by Crippen LogP contribution is -2.42. The lowest BCUT2D eigenvalue weighted by atomic mass is 10.2. The van der Waals surface area contributed by atoms with Gasteiger partial charge in [0.05, 0.1) is 0 Å². The van der Waals surface area contributed by atoms with Crippen molar-refractivity contribution in [2.75, 3.05) is 0 Å². The Bertz CT molecular complexity index is 635. The summed E-state index contributed by atoms with van der Waals surface area (Å²) in [7, 11) is -4.74. The van der Waals surface area contributed by atoms with Gasteiger partial charge in [-0.15, -0.1) is 0 Å². The van der Waals surface area contributed by atoms with Crippen molar-refractivity contribution in [2.45, 2.75) is 23.8 Å². The van der Waals surface area contributed by atoms with Gasteiger partial charge in [0.25, 0.3) is 0 Å². The fraction of sp³-hybridized carbons (Fsp3) is 0.364. The number of rotatable bonds is 5. The molecule has 2 N–H and O–H groups in total. The van der Waals surface area contributed by atoms with Gasteiger partial charge in [0, 0.05) is 12.1 Å². The van der Waals surface area contributed by atoms with Crippen LogP contribution >= 0.6 is 0 Å². The van der Waals surface area contributed by atoms with Gasteiger partial charge >= 0.3 is 5.97 Å². The summed E-state index contributed by atoms with van der Waals surface area (Å²) in [6.45, 7) is 0. The maximum absolute atomic E-state index is 13.4. The Hall–Kier alpha value is -1.61. The molecule has 2 rings (SSSR count). The standard InChI is InChI=1S/C11H10F3NO4S/c12-6-3-7(13)10(8(14)4-6)20(18,19)15-9(11(16)17)5-1-2-5/h3-5,9,15H,1-2H2,(H,16,17). The Morgan fingerprint density at radius 2 is 1.75 bits per heavy atom. The Balaban J connectivity index is 2.38. The van der Waals surface area contributed by atoms with Gasteiger partial charge in [-0.3, -0.25) is 4.79 Å². The van der Waals surface area contributed by atoms with Gasteiger partial charge in [0.2, 0.25) is 10.0 Å². The number of carboxylic acids is 1. The van der Waals surface area contributed by atoms with Gasteiger partial charge in [0.15, 0.2) is 4.90 Å². The van der Waals surface area contributed by atoms with E-state index in [1.165, 1.54) is 0 Å². The highest BCUT2D eigenvalue weighted by Gasteiger charge is 2.40. The van der Waals surface area contributed by atoms with E-state index in [0.717, 1.165) is 0 Å². The summed E-state index contributed by atoms with van der Waals surface area (Å²) in [5.74, 6) is -6.34. The van der Waals surface area contributed by atoms with E-state index in [9.17, 15) is 26.4 Å². The van der Waals surface area contributed by atoms with Crippen LogP contribution in [0.3, 0.4) is 0 Å². The SMILES string of the molecule is O=C(O)C(NS(=O)(=O)c1c(F)cc(F)cc1F)C1CC1. The largest absolute Gasteiger partial charge is 0.480 e. The van der Waals surface area contributed by atoms with Gasteiger partial charge < -0.3 is 5.11 Å². The number of hydrogen-bond donors (Lipinski definition) is 2. The van der Waals surface area contributed by atoms with Crippen LogP contribution in [0.2, 0.25) is 0 Å². The van der Waals surface area contributed by atoms with Crippen LogP contribution < -0.4 is 4.72 Å². The monoisotopic (exact) mass is 309 g/mol. The molecule has 0 saturated heterocycles. The minimum Gasteiger partial charge on any atom is -0.480 e. The zero-order valence-corrected chi connectivity index (χ0v) is 10.8. The summed E-state index contributed by atoms with van der Waals surface area (Å²) >= 11 is 0. The minimum atomic E-state index is -4.74. The van der Waals surface area contributed by atoms with Crippen molar-refractivity contribution in [3.8, 4) is 0 Å². The van der Waals surface area contributed by atoms with E-state index in [1.54, 1.807) is 4.72 Å². The summed E-state index contributed by atoms with van der Waals surface area (Å²) in [6.07, 6.45) is 1.02. The third-order valence-electron chi connectivity index (χ3n) is 2.87. The average Bonchev–Trinajstić information content (AvgIpc) is 3.07. The molecule has 1 aromatic rings. The van der Waals surface area contributed by atoms with Crippen molar-refractivity contribution in [1.29, 1.82) is 0 Å². The molecule has 110 valence electrons. The molecule has 0 radical (unpaired) electrons. The maximum atomic E-state index is 13.4. The first-order valence-electron chi connectivity index (χ1n) is 5.62. The van der Waals surface area contributed by atoms with Crippen molar-refractivity contribution in [1.82, 2.24) is 4.72 Å². The van der Waals surface area contributed by atoms with Crippen LogP contribution in [0.4, 0.5) is 13.2 Å². The Kier molecular flexibility index (Phi) is 3.74. The number of nitrogens with one attached hydrogen (secondary N) is 1. The van der Waals surface area contributed by atoms with Crippen molar-refractivity contribution in [3.05, 3.63) is 29.6 Å². The Morgan fingerprint density at radius 3 is 2.15 bits per heavy atom. The van der Waals surface area contributed by atoms with Crippen molar-refractivity contribution in [3.63, 3.8) is 0 Å². The highest BCUT2D eigenvalue weighted by Crippen LogP contribution is 2.33. The molecule has 1 aromatic carbocycles. The molecule has 0 spiro atoms. The second-order valence-electron chi connectivity index (χ2n) is 4.47. The molecule has 1 saturated carbocycles. The third kappa shape index (κ3) is 2.93. The van der Waals surface area contributed by atoms with Crippen LogP contribution in [0.25, 0.3) is 0 Å². The number of halogens is 3. The molecule has 1 fully saturated rings. The minimum absolute atomic E-state index is 0.213. The first-order chi connectivity index (χ1) is 9.22. The second-order valence-corrected chi connectivity index (χ2v) is 6.12. The molecule has 20 heavy (non-hydrogen) atoms. The lowest BCUT2D eigenvalue weighted by molar-refractivity contribution is -0.139. The Morgan fingerprint density at radius 1 is 1.25 bits per heavy atom. The van der Waals surface area contributed by atoms with Crippen LogP contribution in [0.1, 0.15) is 12.8 Å². The van der Waals surface area contributed by atoms with E-state index in [4.69, 9.17) is 5.11 Å². The first kappa shape index (κ1) is 14.8. The predicted molar refractivity (Wildman–Crippen MR) is 60.8 cm³/mol. The highest BCUT2D eigenvalue weighted by molar-refractivity contribution is 7.89. The molecule has 0 aliphatic heterocycles. The van der Waals surface area contributed by atoms with Gasteiger partial charge in [-0.2, -0.15) is 4.72 Å². The van der Waals surface area contributed by atoms with Crippen LogP contribution in [-0.2, 0) is 14.8 Å². The van der Waals surface area contributed by atoms with Crippen molar-refractivity contribution >= 4 is 16.0 Å². The predicted octanol–water partition coefficient (Wildman–Crippen LogP) is 1.25. The van der Waals surface area contributed by atoms with E-state index in [0.29, 0.717) is 12.8 Å². The number of aliphatic carboxylic acids is 1. The first-order valence-corrected chi connectivity index (χ1v) is 7.10. The van der Waals surface area contributed by atoms with Gasteiger partial charge in [-0.05, 0) is 18.8 Å². The van der Waals surface area contributed by atoms with Crippen molar-refractivity contribution in [2.24, 2.45) is 5.92 Å². The van der Waals surface area contributed by atoms with Crippen LogP contribution in [0.15, 0.2) is 17.0 Å². The summed E-state index contributed by atoms with van der Waals surface area (Å²) in [5, 5.41) is 8.90. The second kappa shape index (κ2) is 5.06. The molecule has 0 aromatic heterocycles. The average molecular weight is 309 g/mol. The van der Waals surface area contributed by atoms with E-state index in [1.807, 2.05) is 0 Å². The van der Waals surface area contributed by atoms with E-state index >= 15 is 0 Å². The summed E-state index contributed by atoms with van der Waals surface area (Å²) in [6, 6.07) is -1.03. The summed E-state index contributed by atoms with van der Waals surface area (Å²) in [5.41, 5.74) is 0. The maximum Gasteiger partial charge on any atom is 0.322 e. The molecule has 0 bridgehead atoms. The third-order valence-corrected chi connectivity index (χ3v) is 4.37. The van der Waals surface area contributed by atoms with Gasteiger partial charge in [-0.25, -0.2) is 21.6 Å². The molecule has 1 unspecified atom stereocenters. The van der Waals surface area contributed by atoms with Crippen LogP contribution in [0.5, 0.6) is 0 Å². The normalized spacial score (nSPS) is 16.9. The molecule has 9 heteroatoms. The molecule has 1 aliphatic carbocycles. The van der Waals surface area contributed by atoms with E-state index in [2.05, 4.69) is 0 Å². The zero-order chi connectivity index (χ0) is 15.1. The van der Waals surface area contributed by atoms with Crippen LogP contribution in [0, 0.1) is 23.4 Å². The van der Waals surface area contributed by atoms with Gasteiger partial charge in [0.1, 0.15) is 23.5 Å².